The fourth-order valence-corrected chi connectivity index (χ4v) is 5.63. The highest BCUT2D eigenvalue weighted by Crippen LogP contribution is 2.56. The molecule has 1 aliphatic heterocycles. The van der Waals surface area contributed by atoms with E-state index in [4.69, 9.17) is 16.3 Å². The number of halogens is 1. The summed E-state index contributed by atoms with van der Waals surface area (Å²) in [5.74, 6) is 1.40. The Hall–Kier alpha value is -4.05. The fraction of sp³-hybridized carbons (Fsp3) is 0.0323. The molecule has 0 fully saturated rings. The molecule has 0 bridgehead atoms. The van der Waals surface area contributed by atoms with Gasteiger partial charge in [-0.15, -0.1) is 0 Å². The molecule has 5 aromatic carbocycles. The van der Waals surface area contributed by atoms with Crippen molar-refractivity contribution >= 4 is 28.7 Å². The Morgan fingerprint density at radius 1 is 0.571 bits per heavy atom. The van der Waals surface area contributed by atoms with Gasteiger partial charge in [-0.05, 0) is 41.5 Å². The second-order valence-electron chi connectivity index (χ2n) is 8.84. The molecule has 0 spiro atoms. The van der Waals surface area contributed by atoms with Crippen molar-refractivity contribution in [3.8, 4) is 22.6 Å². The van der Waals surface area contributed by atoms with Crippen molar-refractivity contribution in [3.05, 3.63) is 137 Å². The zero-order chi connectivity index (χ0) is 23.6. The monoisotopic (exact) mass is 473 g/mol. The molecule has 35 heavy (non-hydrogen) atoms. The second-order valence-corrected chi connectivity index (χ2v) is 9.27. The van der Waals surface area contributed by atoms with Crippen LogP contribution in [0.4, 0.5) is 17.1 Å². The summed E-state index contributed by atoms with van der Waals surface area (Å²) in [4.78, 5) is 2.15. The molecular weight excluding hydrogens is 454 g/mol. The Balaban J connectivity index is 1.53. The number of benzene rings is 5. The van der Waals surface area contributed by atoms with Crippen LogP contribution in [0.2, 0.25) is 5.02 Å². The maximum atomic E-state index is 12.6. The molecule has 0 atom stereocenters. The minimum Gasteiger partial charge on any atom is -0.453 e. The highest BCUT2D eigenvalue weighted by Gasteiger charge is 2.45. The minimum absolute atomic E-state index is 0.605. The van der Waals surface area contributed by atoms with E-state index >= 15 is 0 Å². The Bertz CT molecular complexity index is 1580. The van der Waals surface area contributed by atoms with Gasteiger partial charge in [0.25, 0.3) is 0 Å². The van der Waals surface area contributed by atoms with Crippen molar-refractivity contribution in [1.29, 1.82) is 0 Å². The van der Waals surface area contributed by atoms with Crippen LogP contribution in [-0.2, 0) is 5.60 Å². The van der Waals surface area contributed by atoms with Crippen molar-refractivity contribution in [3.63, 3.8) is 0 Å². The van der Waals surface area contributed by atoms with E-state index < -0.39 is 5.60 Å². The number of hydrogen-bond acceptors (Lipinski definition) is 3. The lowest BCUT2D eigenvalue weighted by molar-refractivity contribution is 0.131. The molecule has 1 N–H and O–H groups in total. The summed E-state index contributed by atoms with van der Waals surface area (Å²) >= 11 is 6.33. The first-order valence-corrected chi connectivity index (χ1v) is 11.9. The molecule has 168 valence electrons. The Morgan fingerprint density at radius 3 is 1.83 bits per heavy atom. The molecule has 0 aromatic heterocycles. The van der Waals surface area contributed by atoms with E-state index in [2.05, 4.69) is 23.1 Å². The Morgan fingerprint density at radius 2 is 1.11 bits per heavy atom. The van der Waals surface area contributed by atoms with Crippen LogP contribution in [0.5, 0.6) is 11.5 Å². The normalized spacial score (nSPS) is 14.4. The smallest absolute Gasteiger partial charge is 0.153 e. The molecule has 0 saturated heterocycles. The van der Waals surface area contributed by atoms with E-state index in [0.29, 0.717) is 10.8 Å². The minimum atomic E-state index is -1.32. The number of anilines is 3. The average Bonchev–Trinajstić information content (AvgIpc) is 3.17. The van der Waals surface area contributed by atoms with Gasteiger partial charge in [-0.3, -0.25) is 0 Å². The highest BCUT2D eigenvalue weighted by atomic mass is 35.5. The van der Waals surface area contributed by atoms with Crippen LogP contribution in [0.15, 0.2) is 115 Å². The molecule has 5 aromatic rings. The van der Waals surface area contributed by atoms with Gasteiger partial charge in [0.1, 0.15) is 5.60 Å². The molecule has 0 saturated carbocycles. The maximum Gasteiger partial charge on any atom is 0.153 e. The number of nitrogens with zero attached hydrogens (tertiary/aromatic N) is 1. The van der Waals surface area contributed by atoms with Gasteiger partial charge in [-0.2, -0.15) is 0 Å². The number of hydrogen-bond donors (Lipinski definition) is 1. The third-order valence-corrected chi connectivity index (χ3v) is 7.18. The van der Waals surface area contributed by atoms with Crippen LogP contribution in [0, 0.1) is 0 Å². The van der Waals surface area contributed by atoms with E-state index in [1.165, 1.54) is 0 Å². The number of fused-ring (bicyclic) bond motifs is 5. The van der Waals surface area contributed by atoms with Crippen molar-refractivity contribution < 1.29 is 9.84 Å². The Kier molecular flexibility index (Phi) is 4.34. The van der Waals surface area contributed by atoms with Gasteiger partial charge >= 0.3 is 0 Å². The third kappa shape index (κ3) is 2.83. The molecule has 1 aliphatic carbocycles. The maximum absolute atomic E-state index is 12.6. The summed E-state index contributed by atoms with van der Waals surface area (Å²) in [5.41, 5.74) is 5.99. The zero-order valence-electron chi connectivity index (χ0n) is 18.7. The zero-order valence-corrected chi connectivity index (χ0v) is 19.4. The van der Waals surface area contributed by atoms with Crippen molar-refractivity contribution in [1.82, 2.24) is 0 Å². The Labute approximate surface area is 208 Å². The van der Waals surface area contributed by atoms with Gasteiger partial charge in [0.15, 0.2) is 11.5 Å². The number of rotatable bonds is 2. The SMILES string of the molecule is OC1(c2ccccc2N2c3ccccc3Oc3cc(Cl)ccc32)c2ccccc2-c2ccccc21. The van der Waals surface area contributed by atoms with E-state index in [1.54, 1.807) is 0 Å². The second kappa shape index (κ2) is 7.47. The first kappa shape index (κ1) is 20.3. The molecule has 1 heterocycles. The topological polar surface area (TPSA) is 32.7 Å². The summed E-state index contributed by atoms with van der Waals surface area (Å²) in [5, 5.41) is 13.2. The summed E-state index contributed by atoms with van der Waals surface area (Å²) in [6, 6.07) is 37.8. The summed E-state index contributed by atoms with van der Waals surface area (Å²) < 4.78 is 6.22. The van der Waals surface area contributed by atoms with Gasteiger partial charge in [-0.25, -0.2) is 0 Å². The fourth-order valence-electron chi connectivity index (χ4n) is 5.47. The van der Waals surface area contributed by atoms with E-state index in [-0.39, 0.29) is 0 Å². The van der Waals surface area contributed by atoms with Gasteiger partial charge in [0.05, 0.1) is 17.1 Å². The lowest BCUT2D eigenvalue weighted by atomic mass is 9.83. The largest absolute Gasteiger partial charge is 0.453 e. The van der Waals surface area contributed by atoms with Crippen LogP contribution in [0.3, 0.4) is 0 Å². The van der Waals surface area contributed by atoms with E-state index in [0.717, 1.165) is 50.6 Å². The summed E-state index contributed by atoms with van der Waals surface area (Å²) in [6.07, 6.45) is 0. The molecule has 0 radical (unpaired) electrons. The first-order chi connectivity index (χ1) is 17.2. The van der Waals surface area contributed by atoms with Crippen LogP contribution < -0.4 is 9.64 Å². The molecule has 3 nitrogen and oxygen atoms in total. The van der Waals surface area contributed by atoms with Crippen LogP contribution in [0.1, 0.15) is 16.7 Å². The predicted molar refractivity (Wildman–Crippen MR) is 140 cm³/mol. The van der Waals surface area contributed by atoms with Crippen molar-refractivity contribution in [2.45, 2.75) is 5.60 Å². The number of para-hydroxylation sites is 3. The molecule has 2 aliphatic rings. The van der Waals surface area contributed by atoms with Gasteiger partial charge in [0, 0.05) is 27.8 Å². The summed E-state index contributed by atoms with van der Waals surface area (Å²) in [7, 11) is 0. The molecule has 4 heteroatoms. The highest BCUT2D eigenvalue weighted by molar-refractivity contribution is 6.30. The number of aliphatic hydroxyl groups is 1. The van der Waals surface area contributed by atoms with Crippen molar-refractivity contribution in [2.75, 3.05) is 4.90 Å². The third-order valence-electron chi connectivity index (χ3n) is 6.95. The van der Waals surface area contributed by atoms with Crippen molar-refractivity contribution in [2.24, 2.45) is 0 Å². The van der Waals surface area contributed by atoms with Crippen LogP contribution in [0.25, 0.3) is 11.1 Å². The van der Waals surface area contributed by atoms with Gasteiger partial charge in [-0.1, -0.05) is 90.5 Å². The van der Waals surface area contributed by atoms with Gasteiger partial charge < -0.3 is 14.7 Å². The average molecular weight is 474 g/mol. The lowest BCUT2D eigenvalue weighted by Gasteiger charge is -2.37. The van der Waals surface area contributed by atoms with E-state index in [1.807, 2.05) is 97.1 Å². The molecule has 0 amide bonds. The van der Waals surface area contributed by atoms with Crippen LogP contribution >= 0.6 is 11.6 Å². The molecule has 0 unspecified atom stereocenters. The van der Waals surface area contributed by atoms with Gasteiger partial charge in [0.2, 0.25) is 0 Å². The molecular formula is C31H20ClNO2. The van der Waals surface area contributed by atoms with Crippen LogP contribution in [-0.4, -0.2) is 5.11 Å². The predicted octanol–water partition coefficient (Wildman–Crippen LogP) is 8.18. The quantitative estimate of drug-likeness (QED) is 0.275. The lowest BCUT2D eigenvalue weighted by Crippen LogP contribution is -2.29. The standard InChI is InChI=1S/C31H20ClNO2/c32-20-17-18-28-30(19-20)35-29-16-8-7-15-27(29)33(28)26-14-6-5-13-25(26)31(34)23-11-3-1-9-21(23)22-10-2-4-12-24(22)31/h1-19,34H. The number of ether oxygens (including phenoxy) is 1. The van der Waals surface area contributed by atoms with E-state index in [9.17, 15) is 5.11 Å². The molecule has 7 rings (SSSR count). The first-order valence-electron chi connectivity index (χ1n) is 11.5. The summed E-state index contributed by atoms with van der Waals surface area (Å²) in [6.45, 7) is 0.